The molecule has 0 saturated carbocycles. The maximum absolute atomic E-state index is 14.1. The Morgan fingerprint density at radius 1 is 0.933 bits per heavy atom. The van der Waals surface area contributed by atoms with Gasteiger partial charge in [0.2, 0.25) is 5.91 Å². The van der Waals surface area contributed by atoms with Crippen molar-refractivity contribution in [2.45, 2.75) is 37.7 Å². The number of hydrogen-bond donors (Lipinski definition) is 1. The van der Waals surface area contributed by atoms with E-state index < -0.39 is 36.2 Å². The van der Waals surface area contributed by atoms with Crippen molar-refractivity contribution in [1.82, 2.24) is 4.90 Å². The number of rotatable bonds is 14. The molecule has 9 heteroatoms. The van der Waals surface area contributed by atoms with Gasteiger partial charge in [-0.2, -0.15) is 0 Å². The fraction of sp³-hybridized carbons (Fsp3) is 0.306. The van der Waals surface area contributed by atoms with Gasteiger partial charge in [0.1, 0.15) is 24.5 Å². The number of carbonyl (C=O) groups excluding carboxylic acids is 3. The second kappa shape index (κ2) is 15.9. The molecule has 3 aromatic rings. The second-order valence-electron chi connectivity index (χ2n) is 10.9. The van der Waals surface area contributed by atoms with Crippen LogP contribution in [0.25, 0.3) is 0 Å². The van der Waals surface area contributed by atoms with E-state index in [9.17, 15) is 19.5 Å². The van der Waals surface area contributed by atoms with E-state index in [0.29, 0.717) is 25.4 Å². The molecule has 2 aliphatic heterocycles. The highest BCUT2D eigenvalue weighted by Gasteiger charge is 2.46. The summed E-state index contributed by atoms with van der Waals surface area (Å²) in [6.07, 6.45) is 3.07. The van der Waals surface area contributed by atoms with Gasteiger partial charge in [-0.3, -0.25) is 9.59 Å². The molecule has 4 atom stereocenters. The molecule has 2 heterocycles. The van der Waals surface area contributed by atoms with Gasteiger partial charge in [-0.1, -0.05) is 91.0 Å². The minimum atomic E-state index is -1.13. The zero-order chi connectivity index (χ0) is 31.4. The van der Waals surface area contributed by atoms with Crippen molar-refractivity contribution in [1.29, 1.82) is 0 Å². The van der Waals surface area contributed by atoms with E-state index in [1.807, 2.05) is 91.0 Å². The summed E-state index contributed by atoms with van der Waals surface area (Å²) in [5.74, 6) is -1.44. The summed E-state index contributed by atoms with van der Waals surface area (Å²) >= 11 is 0. The Morgan fingerprint density at radius 2 is 1.60 bits per heavy atom. The molecule has 0 unspecified atom stereocenters. The van der Waals surface area contributed by atoms with Gasteiger partial charge in [0.15, 0.2) is 11.9 Å². The van der Waals surface area contributed by atoms with Crippen molar-refractivity contribution < 1.29 is 38.4 Å². The Kier molecular flexibility index (Phi) is 11.3. The van der Waals surface area contributed by atoms with Crippen LogP contribution in [0.3, 0.4) is 0 Å². The number of allylic oxidation sites excluding steroid dienone is 1. The zero-order valence-corrected chi connectivity index (χ0v) is 24.9. The number of ether oxygens (including phenoxy) is 4. The van der Waals surface area contributed by atoms with E-state index in [1.54, 1.807) is 12.2 Å². The lowest BCUT2D eigenvalue weighted by Crippen LogP contribution is -2.47. The normalized spacial score (nSPS) is 20.1. The van der Waals surface area contributed by atoms with Crippen molar-refractivity contribution >= 4 is 17.8 Å². The third-order valence-electron chi connectivity index (χ3n) is 7.67. The molecule has 1 N–H and O–H groups in total. The molecule has 0 spiro atoms. The molecule has 234 valence electrons. The topological polar surface area (TPSA) is 112 Å². The molecule has 2 amide bonds. The molecule has 0 aromatic heterocycles. The standard InChI is InChI=1S/C36H37NO8/c38-22-30(43-23-27-13-6-2-7-14-27)24-42-20-10-17-29-18-19-33(39)34(45-29)31(21-26-11-4-1-5-12-26)35(40)37-32(25-44-36(37)41)28-15-8-3-9-16-28/h1-9,11-19,30-32,34,38H,10,20-25H2/t30-,31-,32+,34-/m1/s1. The number of amides is 2. The summed E-state index contributed by atoms with van der Waals surface area (Å²) in [5, 5.41) is 9.66. The fourth-order valence-electron chi connectivity index (χ4n) is 5.30. The van der Waals surface area contributed by atoms with Gasteiger partial charge in [-0.25, -0.2) is 9.69 Å². The quantitative estimate of drug-likeness (QED) is 0.255. The summed E-state index contributed by atoms with van der Waals surface area (Å²) in [7, 11) is 0. The van der Waals surface area contributed by atoms with Crippen LogP contribution in [0.2, 0.25) is 0 Å². The lowest BCUT2D eigenvalue weighted by Gasteiger charge is -2.31. The van der Waals surface area contributed by atoms with Crippen LogP contribution < -0.4 is 0 Å². The number of carbonyl (C=O) groups is 3. The highest BCUT2D eigenvalue weighted by atomic mass is 16.6. The second-order valence-corrected chi connectivity index (χ2v) is 10.9. The van der Waals surface area contributed by atoms with Crippen molar-refractivity contribution in [3.63, 3.8) is 0 Å². The fourth-order valence-corrected chi connectivity index (χ4v) is 5.30. The Bertz CT molecular complexity index is 1470. The smallest absolute Gasteiger partial charge is 0.417 e. The number of benzene rings is 3. The van der Waals surface area contributed by atoms with Crippen LogP contribution in [-0.2, 0) is 41.6 Å². The lowest BCUT2D eigenvalue weighted by atomic mass is 9.88. The number of ketones is 1. The summed E-state index contributed by atoms with van der Waals surface area (Å²) in [4.78, 5) is 41.3. The summed E-state index contributed by atoms with van der Waals surface area (Å²) in [5.41, 5.74) is 2.60. The van der Waals surface area contributed by atoms with Crippen molar-refractivity contribution in [2.24, 2.45) is 5.92 Å². The molecule has 0 bridgehead atoms. The summed E-state index contributed by atoms with van der Waals surface area (Å²) < 4.78 is 22.9. The maximum atomic E-state index is 14.1. The average Bonchev–Trinajstić information content (AvgIpc) is 3.47. The predicted molar refractivity (Wildman–Crippen MR) is 166 cm³/mol. The van der Waals surface area contributed by atoms with Gasteiger partial charge < -0.3 is 24.1 Å². The van der Waals surface area contributed by atoms with E-state index in [4.69, 9.17) is 18.9 Å². The SMILES string of the molecule is O=C1C=CC(=CCCOC[C@@H](CO)OCc2ccccc2)O[C@@H]1[C@@H](Cc1ccccc1)C(=O)N1C(=O)OC[C@H]1c1ccccc1. The van der Waals surface area contributed by atoms with Crippen LogP contribution in [0, 0.1) is 5.92 Å². The molecule has 5 rings (SSSR count). The van der Waals surface area contributed by atoms with Crippen LogP contribution in [0.4, 0.5) is 4.79 Å². The molecule has 0 radical (unpaired) electrons. The third kappa shape index (κ3) is 8.54. The Labute approximate surface area is 262 Å². The lowest BCUT2D eigenvalue weighted by molar-refractivity contribution is -0.143. The summed E-state index contributed by atoms with van der Waals surface area (Å²) in [6.45, 7) is 0.779. The molecule has 9 nitrogen and oxygen atoms in total. The number of aliphatic hydroxyl groups excluding tert-OH is 1. The van der Waals surface area contributed by atoms with Crippen LogP contribution in [0.5, 0.6) is 0 Å². The van der Waals surface area contributed by atoms with Gasteiger partial charge in [-0.05, 0) is 47.8 Å². The van der Waals surface area contributed by atoms with Crippen LogP contribution in [-0.4, -0.2) is 66.4 Å². The monoisotopic (exact) mass is 611 g/mol. The Balaban J connectivity index is 1.24. The van der Waals surface area contributed by atoms with Crippen LogP contribution in [0.15, 0.2) is 115 Å². The number of hydrogen-bond acceptors (Lipinski definition) is 8. The summed E-state index contributed by atoms with van der Waals surface area (Å²) in [6, 6.07) is 27.6. The van der Waals surface area contributed by atoms with Crippen molar-refractivity contribution in [3.8, 4) is 0 Å². The highest BCUT2D eigenvalue weighted by Crippen LogP contribution is 2.33. The Hall–Kier alpha value is -4.57. The molecule has 0 aliphatic carbocycles. The first-order valence-corrected chi connectivity index (χ1v) is 15.0. The number of aliphatic hydroxyl groups is 1. The van der Waals surface area contributed by atoms with Gasteiger partial charge >= 0.3 is 6.09 Å². The van der Waals surface area contributed by atoms with Gasteiger partial charge in [-0.15, -0.1) is 0 Å². The van der Waals surface area contributed by atoms with Gasteiger partial charge in [0, 0.05) is 0 Å². The van der Waals surface area contributed by atoms with E-state index in [0.717, 1.165) is 21.6 Å². The predicted octanol–water partition coefficient (Wildman–Crippen LogP) is 4.96. The maximum Gasteiger partial charge on any atom is 0.417 e. The molecule has 1 fully saturated rings. The number of cyclic esters (lactones) is 1. The third-order valence-corrected chi connectivity index (χ3v) is 7.67. The molecule has 1 saturated heterocycles. The first-order chi connectivity index (χ1) is 22.0. The molecular weight excluding hydrogens is 574 g/mol. The Morgan fingerprint density at radius 3 is 2.29 bits per heavy atom. The largest absolute Gasteiger partial charge is 0.482 e. The van der Waals surface area contributed by atoms with E-state index >= 15 is 0 Å². The highest BCUT2D eigenvalue weighted by molar-refractivity contribution is 6.02. The molecular formula is C36H37NO8. The first kappa shape index (κ1) is 31.8. The minimum absolute atomic E-state index is 0.0333. The number of imide groups is 1. The number of nitrogens with zero attached hydrogens (tertiary/aromatic N) is 1. The van der Waals surface area contributed by atoms with Gasteiger partial charge in [0.25, 0.3) is 0 Å². The molecule has 2 aliphatic rings. The van der Waals surface area contributed by atoms with Crippen LogP contribution >= 0.6 is 0 Å². The molecule has 45 heavy (non-hydrogen) atoms. The van der Waals surface area contributed by atoms with Crippen LogP contribution in [0.1, 0.15) is 29.2 Å². The first-order valence-electron chi connectivity index (χ1n) is 15.0. The van der Waals surface area contributed by atoms with Crippen molar-refractivity contribution in [2.75, 3.05) is 26.4 Å². The van der Waals surface area contributed by atoms with Gasteiger partial charge in [0.05, 0.1) is 32.3 Å². The van der Waals surface area contributed by atoms with Crippen molar-refractivity contribution in [3.05, 3.63) is 132 Å². The van der Waals surface area contributed by atoms with E-state index in [-0.39, 0.29) is 32.0 Å². The van der Waals surface area contributed by atoms with E-state index in [2.05, 4.69) is 0 Å². The minimum Gasteiger partial charge on any atom is -0.482 e. The average molecular weight is 612 g/mol. The zero-order valence-electron chi connectivity index (χ0n) is 24.9. The molecule has 3 aromatic carbocycles. The van der Waals surface area contributed by atoms with E-state index in [1.165, 1.54) is 6.08 Å².